The lowest BCUT2D eigenvalue weighted by molar-refractivity contribution is 0.0180. The lowest BCUT2D eigenvalue weighted by Crippen LogP contribution is -2.56. The zero-order valence-corrected chi connectivity index (χ0v) is 9.75. The molecule has 0 bridgehead atoms. The molecule has 3 nitrogen and oxygen atoms in total. The first-order chi connectivity index (χ1) is 6.68. The SMILES string of the molecule is CCC1CCCN1C(C)(CN)COC. The Hall–Kier alpha value is -0.120. The average molecular weight is 200 g/mol. The van der Waals surface area contributed by atoms with Crippen molar-refractivity contribution in [3.63, 3.8) is 0 Å². The van der Waals surface area contributed by atoms with Crippen LogP contribution in [0.1, 0.15) is 33.1 Å². The molecule has 0 aromatic carbocycles. The molecular weight excluding hydrogens is 176 g/mol. The molecule has 0 aromatic rings. The van der Waals surface area contributed by atoms with Crippen molar-refractivity contribution >= 4 is 0 Å². The summed E-state index contributed by atoms with van der Waals surface area (Å²) in [5.74, 6) is 0. The van der Waals surface area contributed by atoms with Crippen LogP contribution >= 0.6 is 0 Å². The quantitative estimate of drug-likeness (QED) is 0.725. The Balaban J connectivity index is 2.66. The Labute approximate surface area is 87.6 Å². The van der Waals surface area contributed by atoms with Gasteiger partial charge in [0.2, 0.25) is 0 Å². The summed E-state index contributed by atoms with van der Waals surface area (Å²) in [5.41, 5.74) is 5.90. The number of likely N-dealkylation sites (tertiary alicyclic amines) is 1. The van der Waals surface area contributed by atoms with Gasteiger partial charge in [0.1, 0.15) is 0 Å². The molecule has 0 spiro atoms. The van der Waals surface area contributed by atoms with Gasteiger partial charge in [-0.05, 0) is 32.7 Å². The fraction of sp³-hybridized carbons (Fsp3) is 1.00. The van der Waals surface area contributed by atoms with E-state index < -0.39 is 0 Å². The highest BCUT2D eigenvalue weighted by Crippen LogP contribution is 2.28. The number of methoxy groups -OCH3 is 1. The molecule has 14 heavy (non-hydrogen) atoms. The first-order valence-electron chi connectivity index (χ1n) is 5.63. The first kappa shape index (κ1) is 12.0. The first-order valence-corrected chi connectivity index (χ1v) is 5.63. The molecule has 0 saturated carbocycles. The van der Waals surface area contributed by atoms with E-state index >= 15 is 0 Å². The zero-order chi connectivity index (χ0) is 10.6. The monoisotopic (exact) mass is 200 g/mol. The number of nitrogens with two attached hydrogens (primary N) is 1. The molecule has 84 valence electrons. The predicted octanol–water partition coefficient (Wildman–Crippen LogP) is 1.22. The smallest absolute Gasteiger partial charge is 0.0656 e. The van der Waals surface area contributed by atoms with Crippen molar-refractivity contribution in [2.45, 2.75) is 44.7 Å². The minimum absolute atomic E-state index is 0.0337. The summed E-state index contributed by atoms with van der Waals surface area (Å²) in [7, 11) is 1.75. The van der Waals surface area contributed by atoms with Crippen LogP contribution in [-0.4, -0.2) is 43.3 Å². The second-order valence-electron chi connectivity index (χ2n) is 4.53. The minimum atomic E-state index is 0.0337. The van der Waals surface area contributed by atoms with Crippen LogP contribution < -0.4 is 5.73 Å². The van der Waals surface area contributed by atoms with Gasteiger partial charge in [0.15, 0.2) is 0 Å². The van der Waals surface area contributed by atoms with Crippen LogP contribution in [0.3, 0.4) is 0 Å². The number of hydrogen-bond donors (Lipinski definition) is 1. The molecule has 0 aromatic heterocycles. The summed E-state index contributed by atoms with van der Waals surface area (Å²) >= 11 is 0. The van der Waals surface area contributed by atoms with E-state index in [4.69, 9.17) is 10.5 Å². The van der Waals surface area contributed by atoms with Crippen molar-refractivity contribution in [2.24, 2.45) is 5.73 Å². The topological polar surface area (TPSA) is 38.5 Å². The van der Waals surface area contributed by atoms with Crippen molar-refractivity contribution in [2.75, 3.05) is 26.8 Å². The van der Waals surface area contributed by atoms with E-state index in [2.05, 4.69) is 18.7 Å². The zero-order valence-electron chi connectivity index (χ0n) is 9.75. The van der Waals surface area contributed by atoms with Gasteiger partial charge in [0.05, 0.1) is 12.1 Å². The highest BCUT2D eigenvalue weighted by atomic mass is 16.5. The average Bonchev–Trinajstić information content (AvgIpc) is 2.66. The van der Waals surface area contributed by atoms with Gasteiger partial charge >= 0.3 is 0 Å². The maximum atomic E-state index is 5.87. The summed E-state index contributed by atoms with van der Waals surface area (Å²) in [6.07, 6.45) is 3.84. The summed E-state index contributed by atoms with van der Waals surface area (Å²) in [4.78, 5) is 2.54. The van der Waals surface area contributed by atoms with E-state index in [0.717, 1.165) is 6.61 Å². The molecular formula is C11H24N2O. The van der Waals surface area contributed by atoms with Crippen molar-refractivity contribution in [1.29, 1.82) is 0 Å². The molecule has 1 fully saturated rings. The van der Waals surface area contributed by atoms with Gasteiger partial charge in [-0.25, -0.2) is 0 Å². The molecule has 1 saturated heterocycles. The van der Waals surface area contributed by atoms with Gasteiger partial charge < -0.3 is 10.5 Å². The van der Waals surface area contributed by atoms with Crippen LogP contribution in [0.5, 0.6) is 0 Å². The van der Waals surface area contributed by atoms with Gasteiger partial charge in [-0.2, -0.15) is 0 Å². The van der Waals surface area contributed by atoms with Gasteiger partial charge in [0, 0.05) is 19.7 Å². The van der Waals surface area contributed by atoms with Gasteiger partial charge in [-0.15, -0.1) is 0 Å². The van der Waals surface area contributed by atoms with E-state index in [-0.39, 0.29) is 5.54 Å². The number of ether oxygens (including phenoxy) is 1. The molecule has 1 aliphatic rings. The fourth-order valence-corrected chi connectivity index (χ4v) is 2.54. The second-order valence-corrected chi connectivity index (χ2v) is 4.53. The molecule has 1 aliphatic heterocycles. The number of nitrogens with zero attached hydrogens (tertiary/aromatic N) is 1. The highest BCUT2D eigenvalue weighted by molar-refractivity contribution is 4.94. The number of hydrogen-bond acceptors (Lipinski definition) is 3. The van der Waals surface area contributed by atoms with Crippen LogP contribution in [0.4, 0.5) is 0 Å². The van der Waals surface area contributed by atoms with Crippen molar-refractivity contribution in [3.05, 3.63) is 0 Å². The normalized spacial score (nSPS) is 27.9. The van der Waals surface area contributed by atoms with Gasteiger partial charge in [0.25, 0.3) is 0 Å². The third kappa shape index (κ3) is 2.27. The van der Waals surface area contributed by atoms with E-state index in [1.54, 1.807) is 7.11 Å². The van der Waals surface area contributed by atoms with E-state index in [1.165, 1.54) is 25.8 Å². The fourth-order valence-electron chi connectivity index (χ4n) is 2.54. The molecule has 3 heteroatoms. The predicted molar refractivity (Wildman–Crippen MR) is 59.4 cm³/mol. The Morgan fingerprint density at radius 1 is 1.57 bits per heavy atom. The van der Waals surface area contributed by atoms with Crippen molar-refractivity contribution in [3.8, 4) is 0 Å². The molecule has 2 unspecified atom stereocenters. The molecule has 2 atom stereocenters. The standard InChI is InChI=1S/C11H24N2O/c1-4-10-6-5-7-13(10)11(2,8-12)9-14-3/h10H,4-9,12H2,1-3H3. The summed E-state index contributed by atoms with van der Waals surface area (Å²) in [6, 6.07) is 0.707. The molecule has 1 rings (SSSR count). The molecule has 2 N–H and O–H groups in total. The Morgan fingerprint density at radius 2 is 2.29 bits per heavy atom. The van der Waals surface area contributed by atoms with Crippen molar-refractivity contribution in [1.82, 2.24) is 4.90 Å². The van der Waals surface area contributed by atoms with E-state index in [1.807, 2.05) is 0 Å². The maximum Gasteiger partial charge on any atom is 0.0656 e. The van der Waals surface area contributed by atoms with Crippen LogP contribution in [0.2, 0.25) is 0 Å². The van der Waals surface area contributed by atoms with Crippen LogP contribution in [-0.2, 0) is 4.74 Å². The second kappa shape index (κ2) is 5.10. The summed E-state index contributed by atoms with van der Waals surface area (Å²) < 4.78 is 5.28. The third-order valence-electron chi connectivity index (χ3n) is 3.44. The van der Waals surface area contributed by atoms with Crippen molar-refractivity contribution < 1.29 is 4.74 Å². The number of rotatable bonds is 5. The van der Waals surface area contributed by atoms with Gasteiger partial charge in [-0.3, -0.25) is 4.90 Å². The van der Waals surface area contributed by atoms with Crippen LogP contribution in [0.25, 0.3) is 0 Å². The Kier molecular flexibility index (Phi) is 4.35. The highest BCUT2D eigenvalue weighted by Gasteiger charge is 2.37. The van der Waals surface area contributed by atoms with Crippen LogP contribution in [0, 0.1) is 0 Å². The van der Waals surface area contributed by atoms with Crippen LogP contribution in [0.15, 0.2) is 0 Å². The van der Waals surface area contributed by atoms with Gasteiger partial charge in [-0.1, -0.05) is 6.92 Å². The Morgan fingerprint density at radius 3 is 2.79 bits per heavy atom. The molecule has 1 heterocycles. The molecule has 0 radical (unpaired) electrons. The lowest BCUT2D eigenvalue weighted by atomic mass is 9.99. The molecule has 0 amide bonds. The largest absolute Gasteiger partial charge is 0.383 e. The lowest BCUT2D eigenvalue weighted by Gasteiger charge is -2.41. The van der Waals surface area contributed by atoms with E-state index in [9.17, 15) is 0 Å². The van der Waals surface area contributed by atoms with E-state index in [0.29, 0.717) is 12.6 Å². The third-order valence-corrected chi connectivity index (χ3v) is 3.44. The summed E-state index contributed by atoms with van der Waals surface area (Å²) in [5, 5.41) is 0. The maximum absolute atomic E-state index is 5.87. The summed E-state index contributed by atoms with van der Waals surface area (Å²) in [6.45, 7) is 7.06. The minimum Gasteiger partial charge on any atom is -0.383 e. The molecule has 0 aliphatic carbocycles. The Bertz CT molecular complexity index is 175.